The number of nitrogens with zero attached hydrogens (tertiary/aromatic N) is 1. The van der Waals surface area contributed by atoms with Crippen LogP contribution in [-0.2, 0) is 9.47 Å². The Balaban J connectivity index is 1.72. The molecule has 4 heteroatoms. The summed E-state index contributed by atoms with van der Waals surface area (Å²) >= 11 is 0. The second-order valence-electron chi connectivity index (χ2n) is 5.47. The van der Waals surface area contributed by atoms with Crippen LogP contribution in [0.15, 0.2) is 0 Å². The number of piperidine rings is 1. The average molecular weight is 256 g/mol. The maximum absolute atomic E-state index is 5.70. The highest BCUT2D eigenvalue weighted by molar-refractivity contribution is 4.83. The van der Waals surface area contributed by atoms with Gasteiger partial charge in [0.1, 0.15) is 0 Å². The van der Waals surface area contributed by atoms with Crippen LogP contribution in [0.25, 0.3) is 0 Å². The standard InChI is InChI=1S/C14H28N2O2/c1-3-18-13-4-7-16(8-5-13)10-14(15-2)12-6-9-17-11-12/h12-15H,3-11H2,1-2H3. The Morgan fingerprint density at radius 3 is 2.67 bits per heavy atom. The summed E-state index contributed by atoms with van der Waals surface area (Å²) < 4.78 is 11.2. The molecule has 2 atom stereocenters. The molecule has 0 spiro atoms. The predicted octanol–water partition coefficient (Wildman–Crippen LogP) is 1.11. The number of hydrogen-bond donors (Lipinski definition) is 1. The van der Waals surface area contributed by atoms with Crippen LogP contribution in [0, 0.1) is 5.92 Å². The van der Waals surface area contributed by atoms with Crippen LogP contribution in [0.2, 0.25) is 0 Å². The van der Waals surface area contributed by atoms with Crippen molar-refractivity contribution in [3.63, 3.8) is 0 Å². The van der Waals surface area contributed by atoms with E-state index in [1.165, 1.54) is 32.4 Å². The Bertz CT molecular complexity index is 224. The summed E-state index contributed by atoms with van der Waals surface area (Å²) in [6, 6.07) is 0.580. The largest absolute Gasteiger partial charge is 0.381 e. The van der Waals surface area contributed by atoms with Gasteiger partial charge in [-0.3, -0.25) is 0 Å². The first-order valence-corrected chi connectivity index (χ1v) is 7.42. The van der Waals surface area contributed by atoms with Gasteiger partial charge in [0, 0.05) is 44.8 Å². The van der Waals surface area contributed by atoms with Crippen LogP contribution in [0.4, 0.5) is 0 Å². The predicted molar refractivity (Wildman–Crippen MR) is 72.9 cm³/mol. The van der Waals surface area contributed by atoms with Crippen LogP contribution in [0.1, 0.15) is 26.2 Å². The molecule has 2 rings (SSSR count). The lowest BCUT2D eigenvalue weighted by Gasteiger charge is -2.35. The van der Waals surface area contributed by atoms with E-state index < -0.39 is 0 Å². The molecular formula is C14H28N2O2. The number of rotatable bonds is 6. The van der Waals surface area contributed by atoms with Gasteiger partial charge in [-0.15, -0.1) is 0 Å². The van der Waals surface area contributed by atoms with Gasteiger partial charge >= 0.3 is 0 Å². The lowest BCUT2D eigenvalue weighted by molar-refractivity contribution is 0.0109. The van der Waals surface area contributed by atoms with Crippen molar-refractivity contribution in [2.45, 2.75) is 38.3 Å². The van der Waals surface area contributed by atoms with Gasteiger partial charge in [-0.25, -0.2) is 0 Å². The van der Waals surface area contributed by atoms with Crippen molar-refractivity contribution in [1.29, 1.82) is 0 Å². The van der Waals surface area contributed by atoms with Gasteiger partial charge in [-0.05, 0) is 33.2 Å². The summed E-state index contributed by atoms with van der Waals surface area (Å²) in [7, 11) is 2.08. The molecule has 2 heterocycles. The van der Waals surface area contributed by atoms with E-state index in [-0.39, 0.29) is 0 Å². The first kappa shape index (κ1) is 14.3. The highest BCUT2D eigenvalue weighted by Crippen LogP contribution is 2.20. The summed E-state index contributed by atoms with van der Waals surface area (Å²) in [5, 5.41) is 3.47. The van der Waals surface area contributed by atoms with Crippen molar-refractivity contribution < 1.29 is 9.47 Å². The molecule has 0 amide bonds. The first-order valence-electron chi connectivity index (χ1n) is 7.42. The smallest absolute Gasteiger partial charge is 0.0599 e. The topological polar surface area (TPSA) is 33.7 Å². The van der Waals surface area contributed by atoms with Gasteiger partial charge in [0.25, 0.3) is 0 Å². The zero-order valence-electron chi connectivity index (χ0n) is 11.9. The highest BCUT2D eigenvalue weighted by atomic mass is 16.5. The zero-order valence-corrected chi connectivity index (χ0v) is 11.9. The molecular weight excluding hydrogens is 228 g/mol. The molecule has 0 aromatic heterocycles. The first-order chi connectivity index (χ1) is 8.83. The van der Waals surface area contributed by atoms with Crippen molar-refractivity contribution in [2.24, 2.45) is 5.92 Å². The summed E-state index contributed by atoms with van der Waals surface area (Å²) in [4.78, 5) is 2.58. The molecule has 0 aromatic rings. The minimum Gasteiger partial charge on any atom is -0.381 e. The number of likely N-dealkylation sites (N-methyl/N-ethyl adjacent to an activating group) is 1. The molecule has 1 N–H and O–H groups in total. The van der Waals surface area contributed by atoms with E-state index in [9.17, 15) is 0 Å². The van der Waals surface area contributed by atoms with Crippen molar-refractivity contribution in [3.8, 4) is 0 Å². The van der Waals surface area contributed by atoms with E-state index in [1.54, 1.807) is 0 Å². The second kappa shape index (κ2) is 7.43. The maximum atomic E-state index is 5.70. The monoisotopic (exact) mass is 256 g/mol. The van der Waals surface area contributed by atoms with E-state index in [0.717, 1.165) is 26.4 Å². The van der Waals surface area contributed by atoms with Gasteiger partial charge in [0.05, 0.1) is 12.7 Å². The quantitative estimate of drug-likeness (QED) is 0.772. The van der Waals surface area contributed by atoms with E-state index in [1.807, 2.05) is 0 Å². The second-order valence-corrected chi connectivity index (χ2v) is 5.47. The lowest BCUT2D eigenvalue weighted by Crippen LogP contribution is -2.47. The van der Waals surface area contributed by atoms with Crippen molar-refractivity contribution >= 4 is 0 Å². The number of nitrogens with one attached hydrogen (secondary N) is 1. The summed E-state index contributed by atoms with van der Waals surface area (Å²) in [6.07, 6.45) is 4.08. The van der Waals surface area contributed by atoms with Gasteiger partial charge in [-0.2, -0.15) is 0 Å². The highest BCUT2D eigenvalue weighted by Gasteiger charge is 2.28. The Kier molecular flexibility index (Phi) is 5.89. The SMILES string of the molecule is CCOC1CCN(CC(NC)C2CCOC2)CC1. The Morgan fingerprint density at radius 1 is 1.33 bits per heavy atom. The molecule has 2 fully saturated rings. The summed E-state index contributed by atoms with van der Waals surface area (Å²) in [6.45, 7) is 8.32. The molecule has 2 unspecified atom stereocenters. The van der Waals surface area contributed by atoms with Crippen LogP contribution >= 0.6 is 0 Å². The number of hydrogen-bond acceptors (Lipinski definition) is 4. The molecule has 106 valence electrons. The average Bonchev–Trinajstić information content (AvgIpc) is 2.92. The number of ether oxygens (including phenoxy) is 2. The Hall–Kier alpha value is -0.160. The van der Waals surface area contributed by atoms with E-state index in [4.69, 9.17) is 9.47 Å². The van der Waals surface area contributed by atoms with E-state index in [0.29, 0.717) is 18.1 Å². The molecule has 2 saturated heterocycles. The molecule has 0 radical (unpaired) electrons. The van der Waals surface area contributed by atoms with Crippen molar-refractivity contribution in [3.05, 3.63) is 0 Å². The molecule has 2 aliphatic rings. The third-order valence-corrected chi connectivity index (χ3v) is 4.30. The molecule has 4 nitrogen and oxygen atoms in total. The molecule has 18 heavy (non-hydrogen) atoms. The van der Waals surface area contributed by atoms with Crippen molar-refractivity contribution in [1.82, 2.24) is 10.2 Å². The van der Waals surface area contributed by atoms with E-state index in [2.05, 4.69) is 24.2 Å². The van der Waals surface area contributed by atoms with Gasteiger partial charge < -0.3 is 19.7 Å². The fraction of sp³-hybridized carbons (Fsp3) is 1.00. The molecule has 0 aliphatic carbocycles. The fourth-order valence-corrected chi connectivity index (χ4v) is 3.12. The normalized spacial score (nSPS) is 28.7. The summed E-state index contributed by atoms with van der Waals surface area (Å²) in [5.74, 6) is 0.694. The maximum Gasteiger partial charge on any atom is 0.0599 e. The van der Waals surface area contributed by atoms with Crippen molar-refractivity contribution in [2.75, 3.05) is 46.5 Å². The minimum absolute atomic E-state index is 0.495. The molecule has 0 aromatic carbocycles. The lowest BCUT2D eigenvalue weighted by atomic mass is 9.97. The third-order valence-electron chi connectivity index (χ3n) is 4.30. The summed E-state index contributed by atoms with van der Waals surface area (Å²) in [5.41, 5.74) is 0. The Labute approximate surface area is 111 Å². The van der Waals surface area contributed by atoms with Gasteiger partial charge in [0.2, 0.25) is 0 Å². The minimum atomic E-state index is 0.495. The van der Waals surface area contributed by atoms with Crippen LogP contribution in [0.5, 0.6) is 0 Å². The van der Waals surface area contributed by atoms with Crippen LogP contribution in [-0.4, -0.2) is 63.5 Å². The van der Waals surface area contributed by atoms with E-state index >= 15 is 0 Å². The molecule has 0 saturated carbocycles. The molecule has 0 bridgehead atoms. The number of likely N-dealkylation sites (tertiary alicyclic amines) is 1. The van der Waals surface area contributed by atoms with Gasteiger partial charge in [0.15, 0.2) is 0 Å². The Morgan fingerprint density at radius 2 is 2.11 bits per heavy atom. The third kappa shape index (κ3) is 3.92. The van der Waals surface area contributed by atoms with Gasteiger partial charge in [-0.1, -0.05) is 0 Å². The fourth-order valence-electron chi connectivity index (χ4n) is 3.12. The molecule has 2 aliphatic heterocycles. The zero-order chi connectivity index (χ0) is 12.8. The van der Waals surface area contributed by atoms with Crippen LogP contribution < -0.4 is 5.32 Å². The van der Waals surface area contributed by atoms with Crippen LogP contribution in [0.3, 0.4) is 0 Å².